The van der Waals surface area contributed by atoms with E-state index in [9.17, 15) is 0 Å². The lowest BCUT2D eigenvalue weighted by molar-refractivity contribution is 1.32. The van der Waals surface area contributed by atoms with Gasteiger partial charge in [0, 0.05) is 40.9 Å². The molecule has 20 heavy (non-hydrogen) atoms. The minimum absolute atomic E-state index is 0. The molecule has 3 aromatic rings. The van der Waals surface area contributed by atoms with E-state index in [1.807, 2.05) is 48.8 Å². The Morgan fingerprint density at radius 1 is 0.700 bits per heavy atom. The predicted octanol–water partition coefficient (Wildman–Crippen LogP) is 5.10. The van der Waals surface area contributed by atoms with Gasteiger partial charge in [-0.1, -0.05) is 31.2 Å². The van der Waals surface area contributed by atoms with Crippen LogP contribution in [-0.2, 0) is 0 Å². The van der Waals surface area contributed by atoms with E-state index in [1.54, 1.807) is 12.4 Å². The quantitative estimate of drug-likeness (QED) is 0.653. The van der Waals surface area contributed by atoms with Crippen molar-refractivity contribution in [2.45, 2.75) is 7.43 Å². The average Bonchev–Trinajstić information content (AvgIpc) is 2.48. The molecule has 0 unspecified atom stereocenters. The molecule has 3 heteroatoms. The molecular formula is C17H15ClN2. The highest BCUT2D eigenvalue weighted by Gasteiger charge is 2.04. The first-order valence-electron chi connectivity index (χ1n) is 5.94. The molecule has 0 atom stereocenters. The zero-order valence-electron chi connectivity index (χ0n) is 10.1. The Hall–Kier alpha value is -2.19. The van der Waals surface area contributed by atoms with E-state index < -0.39 is 0 Å². The summed E-state index contributed by atoms with van der Waals surface area (Å²) >= 11 is 6.21. The molecule has 100 valence electrons. The molecule has 0 aliphatic rings. The fraction of sp³-hybridized carbons (Fsp3) is 0.0588. The third-order valence-electron chi connectivity index (χ3n) is 2.89. The maximum Gasteiger partial charge on any atom is 0.0418 e. The van der Waals surface area contributed by atoms with Crippen LogP contribution in [0, 0.1) is 0 Å². The van der Waals surface area contributed by atoms with Crippen molar-refractivity contribution in [3.63, 3.8) is 0 Å². The predicted molar refractivity (Wildman–Crippen MR) is 84.6 cm³/mol. The van der Waals surface area contributed by atoms with Crippen molar-refractivity contribution in [1.29, 1.82) is 0 Å². The van der Waals surface area contributed by atoms with Gasteiger partial charge in [0.15, 0.2) is 0 Å². The number of rotatable bonds is 2. The molecule has 2 heterocycles. The Labute approximate surface area is 124 Å². The van der Waals surface area contributed by atoms with Crippen LogP contribution in [0.2, 0.25) is 5.02 Å². The molecule has 0 saturated heterocycles. The highest BCUT2D eigenvalue weighted by Crippen LogP contribution is 2.29. The molecule has 0 amide bonds. The number of halogens is 1. The largest absolute Gasteiger partial charge is 0.264 e. The van der Waals surface area contributed by atoms with Crippen LogP contribution in [0.3, 0.4) is 0 Å². The van der Waals surface area contributed by atoms with Crippen molar-refractivity contribution < 1.29 is 0 Å². The summed E-state index contributed by atoms with van der Waals surface area (Å²) in [5, 5.41) is 0.709. The lowest BCUT2D eigenvalue weighted by atomic mass is 10.0. The molecule has 2 nitrogen and oxygen atoms in total. The topological polar surface area (TPSA) is 25.8 Å². The summed E-state index contributed by atoms with van der Waals surface area (Å²) in [4.78, 5) is 8.28. The third-order valence-corrected chi connectivity index (χ3v) is 3.11. The van der Waals surface area contributed by atoms with Gasteiger partial charge in [-0.15, -0.1) is 0 Å². The number of pyridine rings is 2. The standard InChI is InChI=1S/C16H11ClN2.CH4/c17-16-8-14(12-3-1-5-18-10-12)7-15(9-16)13-4-2-6-19-11-13;/h1-11H;1H4. The second kappa shape index (κ2) is 6.31. The molecule has 1 aromatic carbocycles. The van der Waals surface area contributed by atoms with E-state index >= 15 is 0 Å². The smallest absolute Gasteiger partial charge is 0.0418 e. The van der Waals surface area contributed by atoms with Crippen LogP contribution >= 0.6 is 11.6 Å². The second-order valence-electron chi connectivity index (χ2n) is 4.21. The maximum absolute atomic E-state index is 6.21. The Kier molecular flexibility index (Phi) is 4.49. The number of benzene rings is 1. The monoisotopic (exact) mass is 282 g/mol. The van der Waals surface area contributed by atoms with E-state index in [4.69, 9.17) is 11.6 Å². The van der Waals surface area contributed by atoms with Gasteiger partial charge < -0.3 is 0 Å². The third kappa shape index (κ3) is 3.03. The van der Waals surface area contributed by atoms with Crippen LogP contribution in [0.5, 0.6) is 0 Å². The molecule has 0 radical (unpaired) electrons. The van der Waals surface area contributed by atoms with Gasteiger partial charge in [0.05, 0.1) is 0 Å². The van der Waals surface area contributed by atoms with Crippen molar-refractivity contribution in [1.82, 2.24) is 9.97 Å². The Morgan fingerprint density at radius 3 is 1.60 bits per heavy atom. The summed E-state index contributed by atoms with van der Waals surface area (Å²) in [7, 11) is 0. The molecule has 2 aromatic heterocycles. The summed E-state index contributed by atoms with van der Waals surface area (Å²) in [5.41, 5.74) is 4.21. The normalized spacial score (nSPS) is 9.85. The van der Waals surface area contributed by atoms with Gasteiger partial charge in [-0.2, -0.15) is 0 Å². The van der Waals surface area contributed by atoms with Crippen LogP contribution in [0.15, 0.2) is 67.3 Å². The van der Waals surface area contributed by atoms with Crippen LogP contribution in [0.1, 0.15) is 7.43 Å². The molecule has 0 saturated carbocycles. The number of nitrogens with zero attached hydrogens (tertiary/aromatic N) is 2. The van der Waals surface area contributed by atoms with Crippen LogP contribution in [0.4, 0.5) is 0 Å². The summed E-state index contributed by atoms with van der Waals surface area (Å²) < 4.78 is 0. The van der Waals surface area contributed by atoms with Gasteiger partial charge in [0.25, 0.3) is 0 Å². The fourth-order valence-corrected chi connectivity index (χ4v) is 2.23. The van der Waals surface area contributed by atoms with Crippen LogP contribution in [0.25, 0.3) is 22.3 Å². The minimum Gasteiger partial charge on any atom is -0.264 e. The number of hydrogen-bond donors (Lipinski definition) is 0. The Bertz CT molecular complexity index is 624. The number of aromatic nitrogens is 2. The first kappa shape index (κ1) is 14.2. The molecule has 3 rings (SSSR count). The second-order valence-corrected chi connectivity index (χ2v) is 4.65. The van der Waals surface area contributed by atoms with E-state index in [0.717, 1.165) is 22.3 Å². The molecule has 0 fully saturated rings. The molecule has 0 spiro atoms. The van der Waals surface area contributed by atoms with Crippen molar-refractivity contribution in [3.8, 4) is 22.3 Å². The van der Waals surface area contributed by atoms with Gasteiger partial charge in [0.1, 0.15) is 0 Å². The van der Waals surface area contributed by atoms with E-state index in [0.29, 0.717) is 5.02 Å². The van der Waals surface area contributed by atoms with Crippen molar-refractivity contribution >= 4 is 11.6 Å². The summed E-state index contributed by atoms with van der Waals surface area (Å²) in [5.74, 6) is 0. The summed E-state index contributed by atoms with van der Waals surface area (Å²) in [6.07, 6.45) is 7.18. The van der Waals surface area contributed by atoms with E-state index in [2.05, 4.69) is 16.0 Å². The van der Waals surface area contributed by atoms with Crippen LogP contribution < -0.4 is 0 Å². The molecule has 0 aliphatic heterocycles. The van der Waals surface area contributed by atoms with Gasteiger partial charge in [-0.05, 0) is 41.5 Å². The highest BCUT2D eigenvalue weighted by atomic mass is 35.5. The van der Waals surface area contributed by atoms with E-state index in [1.165, 1.54) is 0 Å². The Morgan fingerprint density at radius 2 is 1.20 bits per heavy atom. The molecular weight excluding hydrogens is 268 g/mol. The van der Waals surface area contributed by atoms with Gasteiger partial charge in [0.2, 0.25) is 0 Å². The first-order valence-corrected chi connectivity index (χ1v) is 6.32. The zero-order valence-corrected chi connectivity index (χ0v) is 10.9. The van der Waals surface area contributed by atoms with Gasteiger partial charge >= 0.3 is 0 Å². The average molecular weight is 283 g/mol. The zero-order chi connectivity index (χ0) is 13.1. The van der Waals surface area contributed by atoms with Crippen molar-refractivity contribution in [3.05, 3.63) is 72.3 Å². The van der Waals surface area contributed by atoms with Crippen molar-refractivity contribution in [2.75, 3.05) is 0 Å². The summed E-state index contributed by atoms with van der Waals surface area (Å²) in [6.45, 7) is 0. The van der Waals surface area contributed by atoms with Gasteiger partial charge in [-0.3, -0.25) is 9.97 Å². The number of hydrogen-bond acceptors (Lipinski definition) is 2. The first-order chi connectivity index (χ1) is 9.33. The van der Waals surface area contributed by atoms with Crippen LogP contribution in [-0.4, -0.2) is 9.97 Å². The van der Waals surface area contributed by atoms with Crippen molar-refractivity contribution in [2.24, 2.45) is 0 Å². The SMILES string of the molecule is C.Clc1cc(-c2cccnc2)cc(-c2cccnc2)c1. The lowest BCUT2D eigenvalue weighted by Gasteiger charge is -2.06. The minimum atomic E-state index is 0. The molecule has 0 N–H and O–H groups in total. The maximum atomic E-state index is 6.21. The Balaban J connectivity index is 0.00000147. The fourth-order valence-electron chi connectivity index (χ4n) is 1.99. The van der Waals surface area contributed by atoms with Gasteiger partial charge in [-0.25, -0.2) is 0 Å². The lowest BCUT2D eigenvalue weighted by Crippen LogP contribution is -1.84. The highest BCUT2D eigenvalue weighted by molar-refractivity contribution is 6.31. The molecule has 0 bridgehead atoms. The molecule has 0 aliphatic carbocycles. The summed E-state index contributed by atoms with van der Waals surface area (Å²) in [6, 6.07) is 13.9. The van der Waals surface area contributed by atoms with E-state index in [-0.39, 0.29) is 7.43 Å².